The summed E-state index contributed by atoms with van der Waals surface area (Å²) < 4.78 is 31.1. The first-order chi connectivity index (χ1) is 3.85. The maximum Gasteiger partial charge on any atom is 0.324 e. The van der Waals surface area contributed by atoms with Crippen LogP contribution in [0.4, 0.5) is 3.89 Å². The fraction of sp³-hybridized carbons (Fsp3) is 0.667. The third kappa shape index (κ3) is 2.41. The first-order valence-electron chi connectivity index (χ1n) is 2.02. The third-order valence-corrected chi connectivity index (χ3v) is 1.82. The molecule has 0 aliphatic rings. The van der Waals surface area contributed by atoms with Gasteiger partial charge < -0.3 is 5.11 Å². The van der Waals surface area contributed by atoms with Gasteiger partial charge in [-0.2, -0.15) is 8.42 Å². The number of carboxylic acids is 1. The first-order valence-corrected chi connectivity index (χ1v) is 3.46. The Morgan fingerprint density at radius 1 is 1.67 bits per heavy atom. The number of carboxylic acid groups (broad SMARTS) is 1. The maximum atomic E-state index is 11.6. The molecule has 54 valence electrons. The molecule has 0 rings (SSSR count). The SMILES string of the molecule is CC(C(=O)O)S(=O)(=O)F. The van der Waals surface area contributed by atoms with Crippen molar-refractivity contribution in [2.24, 2.45) is 0 Å². The molecule has 1 unspecified atom stereocenters. The second-order valence-electron chi connectivity index (χ2n) is 1.46. The molecule has 0 radical (unpaired) electrons. The highest BCUT2D eigenvalue weighted by Gasteiger charge is 2.26. The number of hydrogen-bond acceptors (Lipinski definition) is 3. The van der Waals surface area contributed by atoms with E-state index in [4.69, 9.17) is 5.11 Å². The number of carbonyl (C=O) groups is 1. The summed E-state index contributed by atoms with van der Waals surface area (Å²) in [6, 6.07) is 0. The Hall–Kier alpha value is -0.650. The average Bonchev–Trinajstić information content (AvgIpc) is 1.62. The molecule has 0 aliphatic carbocycles. The van der Waals surface area contributed by atoms with Crippen LogP contribution in [0.3, 0.4) is 0 Å². The topological polar surface area (TPSA) is 71.4 Å². The predicted molar refractivity (Wildman–Crippen MR) is 27.1 cm³/mol. The van der Waals surface area contributed by atoms with E-state index >= 15 is 0 Å². The van der Waals surface area contributed by atoms with Crippen molar-refractivity contribution in [2.45, 2.75) is 12.2 Å². The molecule has 0 spiro atoms. The van der Waals surface area contributed by atoms with Crippen molar-refractivity contribution in [2.75, 3.05) is 0 Å². The highest BCUT2D eigenvalue weighted by Crippen LogP contribution is 2.01. The van der Waals surface area contributed by atoms with Crippen LogP contribution in [-0.2, 0) is 15.0 Å². The molecule has 0 amide bonds. The van der Waals surface area contributed by atoms with E-state index in [0.29, 0.717) is 0 Å². The normalized spacial score (nSPS) is 14.9. The van der Waals surface area contributed by atoms with Crippen LogP contribution in [0.25, 0.3) is 0 Å². The Morgan fingerprint density at radius 2 is 2.00 bits per heavy atom. The number of rotatable bonds is 2. The minimum Gasteiger partial charge on any atom is -0.480 e. The van der Waals surface area contributed by atoms with E-state index in [0.717, 1.165) is 6.92 Å². The van der Waals surface area contributed by atoms with Gasteiger partial charge in [0, 0.05) is 0 Å². The Kier molecular flexibility index (Phi) is 2.13. The molecular weight excluding hydrogens is 151 g/mol. The second-order valence-corrected chi connectivity index (χ2v) is 3.11. The summed E-state index contributed by atoms with van der Waals surface area (Å²) in [6.45, 7) is 0.762. The molecule has 1 atom stereocenters. The van der Waals surface area contributed by atoms with Crippen LogP contribution < -0.4 is 0 Å². The standard InChI is InChI=1S/C3H5FO4S/c1-2(3(5)6)9(4,7)8/h2H,1H3,(H,5,6). The number of hydrogen-bond donors (Lipinski definition) is 1. The molecule has 0 bridgehead atoms. The summed E-state index contributed by atoms with van der Waals surface area (Å²) in [7, 11) is -4.90. The zero-order chi connectivity index (χ0) is 7.65. The zero-order valence-corrected chi connectivity index (χ0v) is 5.35. The summed E-state index contributed by atoms with van der Waals surface area (Å²) in [6.07, 6.45) is 0. The van der Waals surface area contributed by atoms with E-state index in [9.17, 15) is 17.1 Å². The molecule has 0 aromatic heterocycles. The molecule has 4 nitrogen and oxygen atoms in total. The van der Waals surface area contributed by atoms with E-state index in [1.807, 2.05) is 0 Å². The molecule has 0 fully saturated rings. The molecule has 0 saturated heterocycles. The summed E-state index contributed by atoms with van der Waals surface area (Å²) in [4.78, 5) is 9.73. The Balaban J connectivity index is 4.43. The lowest BCUT2D eigenvalue weighted by atomic mass is 10.5. The average molecular weight is 156 g/mol. The van der Waals surface area contributed by atoms with Crippen LogP contribution in [0.1, 0.15) is 6.92 Å². The zero-order valence-electron chi connectivity index (χ0n) is 4.54. The van der Waals surface area contributed by atoms with Gasteiger partial charge in [-0.1, -0.05) is 0 Å². The quantitative estimate of drug-likeness (QED) is 0.560. The largest absolute Gasteiger partial charge is 0.480 e. The lowest BCUT2D eigenvalue weighted by Gasteiger charge is -1.96. The lowest BCUT2D eigenvalue weighted by Crippen LogP contribution is -2.22. The highest BCUT2D eigenvalue weighted by molar-refractivity contribution is 7.87. The molecule has 0 aromatic rings. The van der Waals surface area contributed by atoms with Crippen molar-refractivity contribution < 1.29 is 22.2 Å². The van der Waals surface area contributed by atoms with Crippen molar-refractivity contribution in [3.05, 3.63) is 0 Å². The van der Waals surface area contributed by atoms with E-state index in [1.54, 1.807) is 0 Å². The Bertz CT molecular complexity index is 206. The van der Waals surface area contributed by atoms with Gasteiger partial charge >= 0.3 is 16.2 Å². The summed E-state index contributed by atoms with van der Waals surface area (Å²) in [5.41, 5.74) is 0. The van der Waals surface area contributed by atoms with Crippen molar-refractivity contribution in [1.29, 1.82) is 0 Å². The van der Waals surface area contributed by atoms with Crippen LogP contribution in [0.5, 0.6) is 0 Å². The van der Waals surface area contributed by atoms with E-state index in [-0.39, 0.29) is 0 Å². The third-order valence-electron chi connectivity index (χ3n) is 0.770. The van der Waals surface area contributed by atoms with Gasteiger partial charge in [0.2, 0.25) is 0 Å². The van der Waals surface area contributed by atoms with Crippen LogP contribution in [0, 0.1) is 0 Å². The second kappa shape index (κ2) is 2.30. The van der Waals surface area contributed by atoms with Gasteiger partial charge in [0.25, 0.3) is 0 Å². The summed E-state index contributed by atoms with van der Waals surface area (Å²) in [5, 5.41) is 5.94. The smallest absolute Gasteiger partial charge is 0.324 e. The van der Waals surface area contributed by atoms with Gasteiger partial charge in [-0.05, 0) is 6.92 Å². The molecule has 0 saturated carbocycles. The highest BCUT2D eigenvalue weighted by atomic mass is 32.3. The van der Waals surface area contributed by atoms with Crippen LogP contribution in [0.15, 0.2) is 0 Å². The van der Waals surface area contributed by atoms with Gasteiger partial charge in [-0.15, -0.1) is 3.89 Å². The van der Waals surface area contributed by atoms with Gasteiger partial charge in [-0.3, -0.25) is 4.79 Å². The number of halogens is 1. The van der Waals surface area contributed by atoms with E-state index in [1.165, 1.54) is 0 Å². The van der Waals surface area contributed by atoms with Gasteiger partial charge in [-0.25, -0.2) is 0 Å². The maximum absolute atomic E-state index is 11.6. The lowest BCUT2D eigenvalue weighted by molar-refractivity contribution is -0.136. The van der Waals surface area contributed by atoms with Crippen LogP contribution in [-0.4, -0.2) is 24.7 Å². The fourth-order valence-corrected chi connectivity index (χ4v) is 0.361. The molecule has 9 heavy (non-hydrogen) atoms. The van der Waals surface area contributed by atoms with Crippen molar-refractivity contribution in [1.82, 2.24) is 0 Å². The molecule has 0 aliphatic heterocycles. The fourth-order valence-electron chi connectivity index (χ4n) is 0.120. The van der Waals surface area contributed by atoms with Gasteiger partial charge in [0.1, 0.15) is 0 Å². The van der Waals surface area contributed by atoms with E-state index < -0.39 is 21.4 Å². The molecular formula is C3H5FO4S. The van der Waals surface area contributed by atoms with Crippen LogP contribution in [0.2, 0.25) is 0 Å². The van der Waals surface area contributed by atoms with Gasteiger partial charge in [0.15, 0.2) is 5.25 Å². The summed E-state index contributed by atoms with van der Waals surface area (Å²) >= 11 is 0. The Labute approximate surface area is 51.5 Å². The minimum absolute atomic E-state index is 0.762. The molecule has 1 N–H and O–H groups in total. The predicted octanol–water partition coefficient (Wildman–Crippen LogP) is -0.241. The van der Waals surface area contributed by atoms with Gasteiger partial charge in [0.05, 0.1) is 0 Å². The summed E-state index contributed by atoms with van der Waals surface area (Å²) in [5.74, 6) is -1.68. The van der Waals surface area contributed by atoms with E-state index in [2.05, 4.69) is 0 Å². The van der Waals surface area contributed by atoms with Crippen molar-refractivity contribution in [3.8, 4) is 0 Å². The van der Waals surface area contributed by atoms with Crippen molar-refractivity contribution >= 4 is 16.2 Å². The first kappa shape index (κ1) is 8.35. The molecule has 0 heterocycles. The Morgan fingerprint density at radius 3 is 2.00 bits per heavy atom. The minimum atomic E-state index is -4.90. The van der Waals surface area contributed by atoms with Crippen molar-refractivity contribution in [3.63, 3.8) is 0 Å². The monoisotopic (exact) mass is 156 g/mol. The molecule has 6 heteroatoms. The molecule has 0 aromatic carbocycles. The van der Waals surface area contributed by atoms with Crippen LogP contribution >= 0.6 is 0 Å². The number of aliphatic carboxylic acids is 1.